The van der Waals surface area contributed by atoms with E-state index in [4.69, 9.17) is 19.8 Å². The van der Waals surface area contributed by atoms with Gasteiger partial charge in [-0.1, -0.05) is 0 Å². The molecular formula is C4H12O5Te. The van der Waals surface area contributed by atoms with Crippen LogP contribution in [0.5, 0.6) is 0 Å². The number of rotatable bonds is 0. The molecular weight excluding hydrogens is 256 g/mol. The Morgan fingerprint density at radius 2 is 1.00 bits per heavy atom. The second-order valence-electron chi connectivity index (χ2n) is 1.04. The number of hydrogen-bond acceptors (Lipinski definition) is 2. The average Bonchev–Trinajstić information content (AvgIpc) is 1.25. The molecule has 10 heavy (non-hydrogen) atoms. The van der Waals surface area contributed by atoms with Gasteiger partial charge >= 0.3 is 23.7 Å². The van der Waals surface area contributed by atoms with Crippen LogP contribution in [0.4, 0.5) is 0 Å². The Labute approximate surface area is 75.1 Å². The summed E-state index contributed by atoms with van der Waals surface area (Å²) < 4.78 is 0. The van der Waals surface area contributed by atoms with Crippen LogP contribution in [0.2, 0.25) is 0 Å². The second kappa shape index (κ2) is 15.9. The van der Waals surface area contributed by atoms with Crippen molar-refractivity contribution in [3.63, 3.8) is 0 Å². The maximum absolute atomic E-state index is 9.00. The molecule has 0 aromatic carbocycles. The second-order valence-corrected chi connectivity index (χ2v) is 1.04. The molecule has 0 bridgehead atoms. The van der Waals surface area contributed by atoms with Crippen molar-refractivity contribution in [2.45, 2.75) is 13.8 Å². The quantitative estimate of drug-likeness (QED) is 0.518. The Kier molecular flexibility index (Phi) is 35.9. The van der Waals surface area contributed by atoms with Crippen LogP contribution in [0.3, 0.4) is 0 Å². The molecule has 0 amide bonds. The van der Waals surface area contributed by atoms with E-state index >= 15 is 0 Å². The summed E-state index contributed by atoms with van der Waals surface area (Å²) in [5.74, 6) is -1.67. The van der Waals surface area contributed by atoms with E-state index in [1.165, 1.54) is 0 Å². The van der Waals surface area contributed by atoms with Crippen LogP contribution in [0.1, 0.15) is 13.8 Å². The van der Waals surface area contributed by atoms with Crippen molar-refractivity contribution >= 4 is 35.6 Å². The molecule has 0 fully saturated rings. The van der Waals surface area contributed by atoms with Crippen LogP contribution in [0, 0.1) is 0 Å². The maximum atomic E-state index is 9.00. The summed E-state index contributed by atoms with van der Waals surface area (Å²) in [6, 6.07) is 0. The molecule has 0 aliphatic rings. The topological polar surface area (TPSA) is 106 Å². The molecule has 0 atom stereocenters. The Bertz CT molecular complexity index is 71.6. The van der Waals surface area contributed by atoms with E-state index in [1.807, 2.05) is 0 Å². The standard InChI is InChI=1S/2C2H4O2.H2O.H2Te/c2*1-2(3)4;;/h2*1H3,(H,3,4);2*1H2. The van der Waals surface area contributed by atoms with E-state index in [9.17, 15) is 0 Å². The molecule has 0 aromatic heterocycles. The molecule has 6 heteroatoms. The van der Waals surface area contributed by atoms with Gasteiger partial charge in [-0.15, -0.1) is 0 Å². The van der Waals surface area contributed by atoms with Crippen molar-refractivity contribution in [2.75, 3.05) is 0 Å². The van der Waals surface area contributed by atoms with Gasteiger partial charge in [0.15, 0.2) is 0 Å². The molecule has 0 radical (unpaired) electrons. The monoisotopic (exact) mass is 270 g/mol. The Hall–Kier alpha value is -0.310. The van der Waals surface area contributed by atoms with Gasteiger partial charge < -0.3 is 15.7 Å². The Morgan fingerprint density at radius 1 is 1.00 bits per heavy atom. The molecule has 4 N–H and O–H groups in total. The summed E-state index contributed by atoms with van der Waals surface area (Å²) in [5.41, 5.74) is 0. The molecule has 0 unspecified atom stereocenters. The van der Waals surface area contributed by atoms with Gasteiger partial charge in [0.05, 0.1) is 0 Å². The molecule has 0 aliphatic carbocycles. The summed E-state index contributed by atoms with van der Waals surface area (Å²) in [5, 5.41) is 14.8. The number of hydrogen-bond donors (Lipinski definition) is 2. The molecule has 0 heterocycles. The van der Waals surface area contributed by atoms with Crippen LogP contribution in [0.15, 0.2) is 0 Å². The molecule has 0 aliphatic heterocycles. The van der Waals surface area contributed by atoms with Crippen LogP contribution in [0.25, 0.3) is 0 Å². The zero-order chi connectivity index (χ0) is 7.15. The van der Waals surface area contributed by atoms with Crippen molar-refractivity contribution < 1.29 is 25.3 Å². The fraction of sp³-hybridized carbons (Fsp3) is 0.500. The van der Waals surface area contributed by atoms with E-state index in [2.05, 4.69) is 0 Å². The van der Waals surface area contributed by atoms with Crippen LogP contribution in [-0.2, 0) is 9.59 Å². The van der Waals surface area contributed by atoms with Gasteiger partial charge in [0.1, 0.15) is 0 Å². The molecule has 0 saturated heterocycles. The van der Waals surface area contributed by atoms with E-state index in [1.54, 1.807) is 0 Å². The fourth-order valence-corrected chi connectivity index (χ4v) is 0. The third-order valence-electron chi connectivity index (χ3n) is 0. The van der Waals surface area contributed by atoms with Crippen LogP contribution in [-0.4, -0.2) is 51.3 Å². The summed E-state index contributed by atoms with van der Waals surface area (Å²) in [7, 11) is 0. The molecule has 0 spiro atoms. The Balaban J connectivity index is -0.0000000300. The van der Waals surface area contributed by atoms with E-state index < -0.39 is 11.9 Å². The SMILES string of the molecule is CC(=O)O.CC(=O)O.O.[TeH2]. The van der Waals surface area contributed by atoms with Crippen molar-refractivity contribution in [2.24, 2.45) is 0 Å². The van der Waals surface area contributed by atoms with E-state index in [-0.39, 0.29) is 29.1 Å². The van der Waals surface area contributed by atoms with Gasteiger partial charge in [0, 0.05) is 13.8 Å². The average molecular weight is 268 g/mol. The van der Waals surface area contributed by atoms with Crippen LogP contribution < -0.4 is 0 Å². The normalized spacial score (nSPS) is 5.00. The van der Waals surface area contributed by atoms with E-state index in [0.29, 0.717) is 0 Å². The Morgan fingerprint density at radius 3 is 1.00 bits per heavy atom. The minimum atomic E-state index is -0.833. The van der Waals surface area contributed by atoms with Crippen molar-refractivity contribution in [1.29, 1.82) is 0 Å². The van der Waals surface area contributed by atoms with Gasteiger partial charge in [0.2, 0.25) is 0 Å². The van der Waals surface area contributed by atoms with Gasteiger partial charge in [-0.25, -0.2) is 0 Å². The summed E-state index contributed by atoms with van der Waals surface area (Å²) >= 11 is 0. The summed E-state index contributed by atoms with van der Waals surface area (Å²) in [6.45, 7) is 2.17. The first-order valence-corrected chi connectivity index (χ1v) is 1.86. The minimum absolute atomic E-state index is 0. The number of carboxylic acid groups (broad SMARTS) is 2. The zero-order valence-corrected chi connectivity index (χ0v) is 8.57. The molecule has 64 valence electrons. The third-order valence-corrected chi connectivity index (χ3v) is 0. The van der Waals surface area contributed by atoms with Gasteiger partial charge in [-0.3, -0.25) is 9.59 Å². The fourth-order valence-electron chi connectivity index (χ4n) is 0. The first kappa shape index (κ1) is 22.6. The first-order valence-electron chi connectivity index (χ1n) is 1.86. The zero-order valence-electron chi connectivity index (χ0n) is 5.71. The number of aliphatic carboxylic acids is 2. The predicted octanol–water partition coefficient (Wildman–Crippen LogP) is -1.56. The summed E-state index contributed by atoms with van der Waals surface area (Å²) in [4.78, 5) is 18.0. The van der Waals surface area contributed by atoms with Gasteiger partial charge in [-0.05, 0) is 0 Å². The van der Waals surface area contributed by atoms with Gasteiger partial charge in [-0.2, -0.15) is 0 Å². The van der Waals surface area contributed by atoms with E-state index in [0.717, 1.165) is 13.8 Å². The summed E-state index contributed by atoms with van der Waals surface area (Å²) in [6.07, 6.45) is 0. The predicted molar refractivity (Wildman–Crippen MR) is 38.8 cm³/mol. The third kappa shape index (κ3) is 3570. The van der Waals surface area contributed by atoms with Gasteiger partial charge in [0.25, 0.3) is 11.9 Å². The van der Waals surface area contributed by atoms with Crippen LogP contribution >= 0.6 is 0 Å². The van der Waals surface area contributed by atoms with Crippen molar-refractivity contribution in [3.05, 3.63) is 0 Å². The molecule has 0 rings (SSSR count). The van der Waals surface area contributed by atoms with Crippen molar-refractivity contribution in [3.8, 4) is 0 Å². The molecule has 0 aromatic rings. The van der Waals surface area contributed by atoms with Crippen molar-refractivity contribution in [1.82, 2.24) is 0 Å². The molecule has 5 nitrogen and oxygen atoms in total. The number of carbonyl (C=O) groups is 2. The molecule has 0 saturated carbocycles. The first-order chi connectivity index (χ1) is 3.46. The number of carboxylic acids is 2.